The molecule has 0 N–H and O–H groups in total. The number of hydrogen-bond donors (Lipinski definition) is 0. The van der Waals surface area contributed by atoms with Gasteiger partial charge in [0.1, 0.15) is 5.25 Å². The van der Waals surface area contributed by atoms with Gasteiger partial charge in [-0.3, -0.25) is 19.7 Å². The molecule has 0 fully saturated rings. The van der Waals surface area contributed by atoms with Crippen LogP contribution in [-0.4, -0.2) is 30.2 Å². The second kappa shape index (κ2) is 9.54. The molecule has 0 spiro atoms. The van der Waals surface area contributed by atoms with Gasteiger partial charge in [0.15, 0.2) is 21.4 Å². The van der Waals surface area contributed by atoms with Crippen LogP contribution >= 0.6 is 15.9 Å². The number of aryl methyl sites for hydroxylation is 1. The fourth-order valence-corrected chi connectivity index (χ4v) is 4.99. The lowest BCUT2D eigenvalue weighted by atomic mass is 10.0. The standard InChI is InChI=1S/C23H18BrNO6S/c1-15-2-12-20(13-3-15)32(30,31)22(14-21(26)16-4-8-18(24)9-5-16)23(27)17-6-10-19(11-7-17)25(28)29/h2-13,22H,14H2,1H3/t22-/m0/s1. The Morgan fingerprint density at radius 2 is 1.44 bits per heavy atom. The molecule has 32 heavy (non-hydrogen) atoms. The number of nitrogens with zero attached hydrogens (tertiary/aromatic N) is 1. The quantitative estimate of drug-likeness (QED) is 0.238. The molecule has 0 amide bonds. The SMILES string of the molecule is Cc1ccc(S(=O)(=O)[C@@H](CC(=O)c2ccc(Br)cc2)C(=O)c2ccc([N+](=O)[O-])cc2)cc1. The van der Waals surface area contributed by atoms with E-state index in [-0.39, 0.29) is 21.7 Å². The van der Waals surface area contributed by atoms with Crippen LogP contribution in [0.15, 0.2) is 82.2 Å². The number of hydrogen-bond acceptors (Lipinski definition) is 6. The van der Waals surface area contributed by atoms with E-state index in [1.54, 1.807) is 43.3 Å². The molecule has 0 radical (unpaired) electrons. The molecule has 0 aliphatic heterocycles. The summed E-state index contributed by atoms with van der Waals surface area (Å²) in [7, 11) is -4.22. The molecule has 0 heterocycles. The van der Waals surface area contributed by atoms with Gasteiger partial charge in [-0.15, -0.1) is 0 Å². The fourth-order valence-electron chi connectivity index (χ4n) is 3.09. The van der Waals surface area contributed by atoms with E-state index in [0.29, 0.717) is 0 Å². The number of rotatable bonds is 8. The third-order valence-electron chi connectivity index (χ3n) is 4.92. The minimum Gasteiger partial charge on any atom is -0.294 e. The summed E-state index contributed by atoms with van der Waals surface area (Å²) in [6.07, 6.45) is -0.562. The maximum absolute atomic E-state index is 13.4. The van der Waals surface area contributed by atoms with Crippen LogP contribution in [0, 0.1) is 17.0 Å². The molecule has 3 aromatic rings. The number of carbonyl (C=O) groups excluding carboxylic acids is 2. The van der Waals surface area contributed by atoms with Crippen LogP contribution in [0.2, 0.25) is 0 Å². The molecular weight excluding hydrogens is 498 g/mol. The summed E-state index contributed by atoms with van der Waals surface area (Å²) < 4.78 is 27.5. The lowest BCUT2D eigenvalue weighted by Crippen LogP contribution is -2.33. The molecular formula is C23H18BrNO6S. The average molecular weight is 516 g/mol. The highest BCUT2D eigenvalue weighted by Crippen LogP contribution is 2.25. The first-order chi connectivity index (χ1) is 15.1. The van der Waals surface area contributed by atoms with Crippen molar-refractivity contribution in [2.24, 2.45) is 0 Å². The van der Waals surface area contributed by atoms with Crippen molar-refractivity contribution in [3.05, 3.63) is 104 Å². The molecule has 0 aliphatic rings. The highest BCUT2D eigenvalue weighted by Gasteiger charge is 2.36. The average Bonchev–Trinajstić information content (AvgIpc) is 2.77. The Hall–Kier alpha value is -3.17. The zero-order valence-corrected chi connectivity index (χ0v) is 19.3. The van der Waals surface area contributed by atoms with Crippen molar-refractivity contribution >= 4 is 43.0 Å². The zero-order valence-electron chi connectivity index (χ0n) is 16.9. The maximum atomic E-state index is 13.4. The Morgan fingerprint density at radius 3 is 1.97 bits per heavy atom. The molecule has 0 saturated carbocycles. The first-order valence-corrected chi connectivity index (χ1v) is 11.8. The van der Waals surface area contributed by atoms with Crippen molar-refractivity contribution in [2.75, 3.05) is 0 Å². The van der Waals surface area contributed by atoms with Crippen molar-refractivity contribution in [3.8, 4) is 0 Å². The first kappa shape index (κ1) is 23.5. The van der Waals surface area contributed by atoms with E-state index >= 15 is 0 Å². The molecule has 0 aromatic heterocycles. The van der Waals surface area contributed by atoms with E-state index in [2.05, 4.69) is 15.9 Å². The predicted octanol–water partition coefficient (Wildman–Crippen LogP) is 4.96. The summed E-state index contributed by atoms with van der Waals surface area (Å²) in [6, 6.07) is 17.0. The fraction of sp³-hybridized carbons (Fsp3) is 0.130. The van der Waals surface area contributed by atoms with Crippen molar-refractivity contribution in [3.63, 3.8) is 0 Å². The zero-order chi connectivity index (χ0) is 23.5. The van der Waals surface area contributed by atoms with Crippen LogP contribution in [-0.2, 0) is 9.84 Å². The monoisotopic (exact) mass is 515 g/mol. The maximum Gasteiger partial charge on any atom is 0.269 e. The van der Waals surface area contributed by atoms with Gasteiger partial charge in [0.05, 0.1) is 9.82 Å². The van der Waals surface area contributed by atoms with E-state index in [1.165, 1.54) is 24.3 Å². The Labute approximate surface area is 193 Å². The Bertz CT molecular complexity index is 1270. The highest BCUT2D eigenvalue weighted by molar-refractivity contribution is 9.10. The lowest BCUT2D eigenvalue weighted by molar-refractivity contribution is -0.384. The molecule has 1 atom stereocenters. The van der Waals surface area contributed by atoms with Crippen LogP contribution in [0.5, 0.6) is 0 Å². The van der Waals surface area contributed by atoms with E-state index in [0.717, 1.165) is 22.2 Å². The van der Waals surface area contributed by atoms with Gasteiger partial charge in [-0.05, 0) is 43.3 Å². The van der Waals surface area contributed by atoms with E-state index in [1.807, 2.05) is 0 Å². The number of Topliss-reactive ketones (excluding diaryl/α,β-unsaturated/α-hetero) is 2. The molecule has 0 unspecified atom stereocenters. The van der Waals surface area contributed by atoms with Gasteiger partial charge in [-0.1, -0.05) is 45.8 Å². The van der Waals surface area contributed by atoms with Crippen molar-refractivity contribution in [2.45, 2.75) is 23.5 Å². The molecule has 9 heteroatoms. The van der Waals surface area contributed by atoms with Gasteiger partial charge in [-0.25, -0.2) is 8.42 Å². The Balaban J connectivity index is 2.02. The van der Waals surface area contributed by atoms with Crippen LogP contribution in [0.25, 0.3) is 0 Å². The smallest absolute Gasteiger partial charge is 0.269 e. The molecule has 0 aliphatic carbocycles. The van der Waals surface area contributed by atoms with Crippen LogP contribution in [0.1, 0.15) is 32.7 Å². The normalized spacial score (nSPS) is 12.2. The van der Waals surface area contributed by atoms with Crippen molar-refractivity contribution in [1.29, 1.82) is 0 Å². The van der Waals surface area contributed by atoms with E-state index < -0.39 is 38.0 Å². The van der Waals surface area contributed by atoms with Gasteiger partial charge in [-0.2, -0.15) is 0 Å². The van der Waals surface area contributed by atoms with Gasteiger partial charge in [0.25, 0.3) is 5.69 Å². The Kier molecular flexibility index (Phi) is 7.00. The summed E-state index contributed by atoms with van der Waals surface area (Å²) in [6.45, 7) is 1.80. The van der Waals surface area contributed by atoms with Crippen LogP contribution in [0.4, 0.5) is 5.69 Å². The molecule has 3 rings (SSSR count). The largest absolute Gasteiger partial charge is 0.294 e. The predicted molar refractivity (Wildman–Crippen MR) is 123 cm³/mol. The van der Waals surface area contributed by atoms with Gasteiger partial charge in [0, 0.05) is 34.2 Å². The second-order valence-electron chi connectivity index (χ2n) is 7.15. The van der Waals surface area contributed by atoms with Crippen LogP contribution in [0.3, 0.4) is 0 Å². The number of carbonyl (C=O) groups is 2. The molecule has 7 nitrogen and oxygen atoms in total. The van der Waals surface area contributed by atoms with Gasteiger partial charge in [0.2, 0.25) is 0 Å². The third-order valence-corrected chi connectivity index (χ3v) is 7.50. The minimum atomic E-state index is -4.22. The number of benzene rings is 3. The third kappa shape index (κ3) is 5.17. The van der Waals surface area contributed by atoms with Crippen molar-refractivity contribution in [1.82, 2.24) is 0 Å². The molecule has 3 aromatic carbocycles. The second-order valence-corrected chi connectivity index (χ2v) is 10.2. The van der Waals surface area contributed by atoms with Crippen molar-refractivity contribution < 1.29 is 22.9 Å². The summed E-state index contributed by atoms with van der Waals surface area (Å²) in [4.78, 5) is 36.3. The first-order valence-electron chi connectivity index (χ1n) is 9.47. The summed E-state index contributed by atoms with van der Waals surface area (Å²) in [5.41, 5.74) is 0.854. The number of nitro benzene ring substituents is 1. The number of ketones is 2. The molecule has 0 bridgehead atoms. The van der Waals surface area contributed by atoms with Crippen LogP contribution < -0.4 is 0 Å². The van der Waals surface area contributed by atoms with Gasteiger partial charge < -0.3 is 0 Å². The lowest BCUT2D eigenvalue weighted by Gasteiger charge is -2.17. The summed E-state index contributed by atoms with van der Waals surface area (Å²) in [5, 5.41) is 9.21. The van der Waals surface area contributed by atoms with Gasteiger partial charge >= 0.3 is 0 Å². The molecule has 0 saturated heterocycles. The Morgan fingerprint density at radius 1 is 0.906 bits per heavy atom. The number of halogens is 1. The highest BCUT2D eigenvalue weighted by atomic mass is 79.9. The van der Waals surface area contributed by atoms with E-state index in [9.17, 15) is 28.1 Å². The number of sulfone groups is 1. The molecule has 164 valence electrons. The summed E-state index contributed by atoms with van der Waals surface area (Å²) in [5.74, 6) is -1.31. The number of non-ortho nitro benzene ring substituents is 1. The topological polar surface area (TPSA) is 111 Å². The summed E-state index contributed by atoms with van der Waals surface area (Å²) >= 11 is 3.27. The number of nitro groups is 1. The van der Waals surface area contributed by atoms with E-state index in [4.69, 9.17) is 0 Å². The minimum absolute atomic E-state index is 0.0279.